The van der Waals surface area contributed by atoms with Crippen LogP contribution in [0.4, 0.5) is 0 Å². The van der Waals surface area contributed by atoms with Gasteiger partial charge in [-0.15, -0.1) is 0 Å². The molecule has 0 amide bonds. The van der Waals surface area contributed by atoms with Crippen LogP contribution in [-0.4, -0.2) is 47.1 Å². The number of ketones is 2. The van der Waals surface area contributed by atoms with E-state index in [4.69, 9.17) is 0 Å². The lowest BCUT2D eigenvalue weighted by Gasteiger charge is -2.18. The second-order valence-electron chi connectivity index (χ2n) is 8.04. The number of carbonyl (C=O) groups excluding carboxylic acids is 3. The second kappa shape index (κ2) is 13.4. The van der Waals surface area contributed by atoms with Crippen molar-refractivity contribution >= 4 is 17.5 Å². The number of rotatable bonds is 13. The number of hydrogen-bond donors (Lipinski definition) is 2. The zero-order chi connectivity index (χ0) is 21.8. The van der Waals surface area contributed by atoms with Gasteiger partial charge in [0, 0.05) is 31.1 Å². The minimum atomic E-state index is -0.829. The monoisotopic (exact) mass is 408 g/mol. The van der Waals surface area contributed by atoms with E-state index >= 15 is 0 Å². The predicted molar refractivity (Wildman–Crippen MR) is 111 cm³/mol. The molecule has 1 rings (SSSR count). The van der Waals surface area contributed by atoms with Crippen molar-refractivity contribution in [2.75, 3.05) is 7.11 Å². The molecule has 0 bridgehead atoms. The summed E-state index contributed by atoms with van der Waals surface area (Å²) in [7, 11) is 1.31. The Labute approximate surface area is 174 Å². The Morgan fingerprint density at radius 3 is 2.72 bits per heavy atom. The molecule has 0 heterocycles. The zero-order valence-electron chi connectivity index (χ0n) is 17.9. The molecular formula is C23H36O6. The number of aliphatic hydroxyl groups excluding tert-OH is 2. The van der Waals surface area contributed by atoms with Crippen molar-refractivity contribution in [1.29, 1.82) is 0 Å². The fraction of sp³-hybridized carbons (Fsp3) is 0.696. The molecule has 1 aliphatic carbocycles. The summed E-state index contributed by atoms with van der Waals surface area (Å²) in [6, 6.07) is 0. The number of allylic oxidation sites excluding steroid dienone is 2. The van der Waals surface area contributed by atoms with E-state index in [2.05, 4.69) is 18.6 Å². The first-order valence-corrected chi connectivity index (χ1v) is 10.6. The SMILES string of the molecule is CCCC[C@H](C)CC(O)C=C[C@H]1C(O)CC(=O)[C@@H]1CC(=O)C=CCCC(=O)OC. The average Bonchev–Trinajstić information content (AvgIpc) is 2.94. The van der Waals surface area contributed by atoms with Crippen LogP contribution in [-0.2, 0) is 19.1 Å². The molecule has 6 heteroatoms. The number of hydrogen-bond acceptors (Lipinski definition) is 6. The highest BCUT2D eigenvalue weighted by atomic mass is 16.5. The van der Waals surface area contributed by atoms with Crippen molar-refractivity contribution in [3.8, 4) is 0 Å². The molecule has 1 aliphatic rings. The van der Waals surface area contributed by atoms with Gasteiger partial charge in [-0.25, -0.2) is 0 Å². The van der Waals surface area contributed by atoms with E-state index in [1.165, 1.54) is 13.2 Å². The van der Waals surface area contributed by atoms with Crippen molar-refractivity contribution in [3.05, 3.63) is 24.3 Å². The highest BCUT2D eigenvalue weighted by molar-refractivity contribution is 5.95. The summed E-state index contributed by atoms with van der Waals surface area (Å²) >= 11 is 0. The molecule has 0 aliphatic heterocycles. The molecule has 0 aromatic heterocycles. The largest absolute Gasteiger partial charge is 0.469 e. The van der Waals surface area contributed by atoms with Crippen LogP contribution in [0.15, 0.2) is 24.3 Å². The summed E-state index contributed by atoms with van der Waals surface area (Å²) in [6.07, 6.45) is 9.47. The maximum atomic E-state index is 12.2. The Hall–Kier alpha value is -1.79. The van der Waals surface area contributed by atoms with Crippen molar-refractivity contribution in [3.63, 3.8) is 0 Å². The van der Waals surface area contributed by atoms with Gasteiger partial charge in [0.25, 0.3) is 0 Å². The number of aliphatic hydroxyl groups is 2. The first-order chi connectivity index (χ1) is 13.8. The molecule has 164 valence electrons. The predicted octanol–water partition coefficient (Wildman–Crippen LogP) is 3.15. The maximum Gasteiger partial charge on any atom is 0.305 e. The normalized spacial score (nSPS) is 24.3. The Bertz CT molecular complexity index is 594. The number of esters is 1. The number of ether oxygens (including phenoxy) is 1. The minimum Gasteiger partial charge on any atom is -0.469 e. The molecular weight excluding hydrogens is 372 g/mol. The second-order valence-corrected chi connectivity index (χ2v) is 8.04. The topological polar surface area (TPSA) is 101 Å². The number of carbonyl (C=O) groups is 3. The van der Waals surface area contributed by atoms with Crippen LogP contribution in [0.25, 0.3) is 0 Å². The van der Waals surface area contributed by atoms with Crippen LogP contribution in [0.3, 0.4) is 0 Å². The van der Waals surface area contributed by atoms with Gasteiger partial charge in [-0.3, -0.25) is 14.4 Å². The zero-order valence-corrected chi connectivity index (χ0v) is 17.9. The van der Waals surface area contributed by atoms with Crippen LogP contribution in [0.2, 0.25) is 0 Å². The molecule has 1 fully saturated rings. The smallest absolute Gasteiger partial charge is 0.305 e. The van der Waals surface area contributed by atoms with Crippen molar-refractivity contribution < 1.29 is 29.3 Å². The van der Waals surface area contributed by atoms with Gasteiger partial charge in [-0.1, -0.05) is 51.3 Å². The van der Waals surface area contributed by atoms with Crippen molar-refractivity contribution in [2.45, 2.75) is 77.4 Å². The van der Waals surface area contributed by atoms with Gasteiger partial charge < -0.3 is 14.9 Å². The van der Waals surface area contributed by atoms with Gasteiger partial charge >= 0.3 is 5.97 Å². The van der Waals surface area contributed by atoms with Gasteiger partial charge in [0.05, 0.1) is 19.3 Å². The van der Waals surface area contributed by atoms with Crippen LogP contribution < -0.4 is 0 Å². The summed E-state index contributed by atoms with van der Waals surface area (Å²) in [5, 5.41) is 20.5. The van der Waals surface area contributed by atoms with E-state index in [-0.39, 0.29) is 36.8 Å². The third kappa shape index (κ3) is 9.50. The van der Waals surface area contributed by atoms with Gasteiger partial charge in [-0.2, -0.15) is 0 Å². The van der Waals surface area contributed by atoms with Crippen LogP contribution in [0, 0.1) is 17.8 Å². The van der Waals surface area contributed by atoms with Crippen LogP contribution in [0.1, 0.15) is 65.2 Å². The average molecular weight is 409 g/mol. The molecule has 0 radical (unpaired) electrons. The maximum absolute atomic E-state index is 12.2. The minimum absolute atomic E-state index is 0.0165. The third-order valence-electron chi connectivity index (χ3n) is 5.45. The number of unbranched alkanes of at least 4 members (excludes halogenated alkanes) is 1. The molecule has 0 spiro atoms. The first-order valence-electron chi connectivity index (χ1n) is 10.6. The molecule has 29 heavy (non-hydrogen) atoms. The summed E-state index contributed by atoms with van der Waals surface area (Å²) in [6.45, 7) is 4.24. The van der Waals surface area contributed by atoms with Gasteiger partial charge in [0.2, 0.25) is 0 Å². The number of methoxy groups -OCH3 is 1. The van der Waals surface area contributed by atoms with E-state index in [0.717, 1.165) is 19.3 Å². The van der Waals surface area contributed by atoms with Gasteiger partial charge in [-0.05, 0) is 24.8 Å². The summed E-state index contributed by atoms with van der Waals surface area (Å²) in [4.78, 5) is 35.5. The molecule has 0 aromatic rings. The van der Waals surface area contributed by atoms with E-state index in [1.54, 1.807) is 18.2 Å². The Morgan fingerprint density at radius 1 is 1.34 bits per heavy atom. The van der Waals surface area contributed by atoms with Gasteiger partial charge in [0.1, 0.15) is 5.78 Å². The Kier molecular flexibility index (Phi) is 11.7. The first kappa shape index (κ1) is 25.2. The molecule has 0 aromatic carbocycles. The van der Waals surface area contributed by atoms with E-state index in [9.17, 15) is 24.6 Å². The van der Waals surface area contributed by atoms with Crippen molar-refractivity contribution in [1.82, 2.24) is 0 Å². The summed E-state index contributed by atoms with van der Waals surface area (Å²) in [5.41, 5.74) is 0. The summed E-state index contributed by atoms with van der Waals surface area (Å²) in [5.74, 6) is -1.33. The van der Waals surface area contributed by atoms with Crippen molar-refractivity contribution in [2.24, 2.45) is 17.8 Å². The molecule has 2 unspecified atom stereocenters. The fourth-order valence-electron chi connectivity index (χ4n) is 3.71. The Morgan fingerprint density at radius 2 is 2.07 bits per heavy atom. The van der Waals surface area contributed by atoms with E-state index in [1.807, 2.05) is 0 Å². The highest BCUT2D eigenvalue weighted by Crippen LogP contribution is 2.33. The quantitative estimate of drug-likeness (QED) is 0.276. The molecule has 5 atom stereocenters. The molecule has 2 N–H and O–H groups in total. The Balaban J connectivity index is 2.59. The number of Topliss-reactive ketones (excluding diaryl/α,β-unsaturated/α-hetero) is 1. The van der Waals surface area contributed by atoms with Crippen LogP contribution >= 0.6 is 0 Å². The van der Waals surface area contributed by atoms with E-state index < -0.39 is 24.0 Å². The molecule has 0 saturated heterocycles. The standard InChI is InChI=1S/C23H36O6/c1-4-5-8-16(2)13-18(25)11-12-19-20(22(27)15-21(19)26)14-17(24)9-6-7-10-23(28)29-3/h6,9,11-12,16,18-21,25-26H,4-5,7-8,10,13-15H2,1-3H3/t16-,18?,19+,20+,21?/m0/s1. The summed E-state index contributed by atoms with van der Waals surface area (Å²) < 4.78 is 4.54. The lowest BCUT2D eigenvalue weighted by atomic mass is 9.88. The highest BCUT2D eigenvalue weighted by Gasteiger charge is 2.40. The van der Waals surface area contributed by atoms with Crippen LogP contribution in [0.5, 0.6) is 0 Å². The molecule has 6 nitrogen and oxygen atoms in total. The molecule has 1 saturated carbocycles. The lowest BCUT2D eigenvalue weighted by molar-refractivity contribution is -0.140. The lowest BCUT2D eigenvalue weighted by Crippen LogP contribution is -2.21. The van der Waals surface area contributed by atoms with E-state index in [0.29, 0.717) is 18.8 Å². The third-order valence-corrected chi connectivity index (χ3v) is 5.45. The fourth-order valence-corrected chi connectivity index (χ4v) is 3.71. The van der Waals surface area contributed by atoms with Gasteiger partial charge in [0.15, 0.2) is 5.78 Å².